The van der Waals surface area contributed by atoms with Crippen LogP contribution in [0.15, 0.2) is 0 Å². The number of carbonyl (C=O) groups is 3. The van der Waals surface area contributed by atoms with Crippen LogP contribution >= 0.6 is 21.6 Å². The number of rotatable bonds is 24. The summed E-state index contributed by atoms with van der Waals surface area (Å²) in [5.41, 5.74) is 5.43. The van der Waals surface area contributed by atoms with Crippen LogP contribution < -0.4 is 11.1 Å². The van der Waals surface area contributed by atoms with Gasteiger partial charge < -0.3 is 21.3 Å². The van der Waals surface area contributed by atoms with Gasteiger partial charge in [-0.25, -0.2) is 4.79 Å². The summed E-state index contributed by atoms with van der Waals surface area (Å²) in [5, 5.41) is 20.7. The van der Waals surface area contributed by atoms with Gasteiger partial charge in [-0.3, -0.25) is 9.59 Å². The molecule has 33 heavy (non-hydrogen) atoms. The summed E-state index contributed by atoms with van der Waals surface area (Å²) >= 11 is 0. The lowest BCUT2D eigenvalue weighted by Crippen LogP contribution is -2.41. The lowest BCUT2D eigenvalue weighted by Gasteiger charge is -2.14. The van der Waals surface area contributed by atoms with E-state index in [2.05, 4.69) is 12.2 Å². The van der Waals surface area contributed by atoms with E-state index >= 15 is 0 Å². The van der Waals surface area contributed by atoms with E-state index in [0.29, 0.717) is 30.8 Å². The molecule has 0 fully saturated rings. The Morgan fingerprint density at radius 3 is 1.64 bits per heavy atom. The van der Waals surface area contributed by atoms with Crippen molar-refractivity contribution in [2.75, 3.05) is 11.5 Å². The monoisotopic (exact) mass is 506 g/mol. The van der Waals surface area contributed by atoms with Crippen LogP contribution in [0.1, 0.15) is 110 Å². The van der Waals surface area contributed by atoms with Crippen LogP contribution in [0.25, 0.3) is 0 Å². The summed E-state index contributed by atoms with van der Waals surface area (Å²) in [4.78, 5) is 34.1. The highest BCUT2D eigenvalue weighted by Gasteiger charge is 2.19. The van der Waals surface area contributed by atoms with Gasteiger partial charge in [0.25, 0.3) is 0 Å². The minimum atomic E-state index is -1.02. The Morgan fingerprint density at radius 1 is 0.727 bits per heavy atom. The molecule has 5 N–H and O–H groups in total. The molecule has 0 rings (SSSR count). The van der Waals surface area contributed by atoms with Gasteiger partial charge in [-0.1, -0.05) is 106 Å². The second kappa shape index (κ2) is 22.8. The van der Waals surface area contributed by atoms with Crippen LogP contribution in [0.4, 0.5) is 0 Å². The number of amides is 1. The fourth-order valence-electron chi connectivity index (χ4n) is 3.41. The van der Waals surface area contributed by atoms with Gasteiger partial charge in [0.15, 0.2) is 0 Å². The molecule has 7 nitrogen and oxygen atoms in total. The van der Waals surface area contributed by atoms with E-state index in [1.54, 1.807) is 0 Å². The molecular formula is C24H46N2O5S2. The smallest absolute Gasteiger partial charge is 0.326 e. The number of nitrogens with two attached hydrogens (primary N) is 1. The minimum Gasteiger partial charge on any atom is -0.480 e. The number of aliphatic carboxylic acids is 2. The van der Waals surface area contributed by atoms with Gasteiger partial charge in [0.1, 0.15) is 12.1 Å². The molecule has 0 saturated carbocycles. The third kappa shape index (κ3) is 21.3. The van der Waals surface area contributed by atoms with Crippen LogP contribution in [-0.4, -0.2) is 51.6 Å². The summed E-state index contributed by atoms with van der Waals surface area (Å²) in [7, 11) is 2.94. The number of carbonyl (C=O) groups excluding carboxylic acids is 1. The number of carboxylic acids is 2. The standard InChI is InChI=1S/C24H46N2O5S2/c1-2-3-4-5-6-7-8-9-10-11-12-13-14-15-22(27)26-21(24(30)31)17-19-33-32-18-16-20(25)23(28)29/h20-21H,2-19,25H2,1H3,(H,26,27)(H,28,29)(H,30,31). The van der Waals surface area contributed by atoms with E-state index in [0.717, 1.165) is 19.3 Å². The number of nitrogens with one attached hydrogen (secondary N) is 1. The zero-order chi connectivity index (χ0) is 24.7. The number of hydrogen-bond acceptors (Lipinski definition) is 6. The summed E-state index contributed by atoms with van der Waals surface area (Å²) in [6, 6.07) is -1.75. The van der Waals surface area contributed by atoms with Gasteiger partial charge in [0, 0.05) is 17.9 Å². The largest absolute Gasteiger partial charge is 0.480 e. The zero-order valence-electron chi connectivity index (χ0n) is 20.4. The molecule has 2 unspecified atom stereocenters. The Hall–Kier alpha value is -0.930. The molecule has 0 aromatic heterocycles. The predicted molar refractivity (Wildman–Crippen MR) is 140 cm³/mol. The Bertz CT molecular complexity index is 523. The van der Waals surface area contributed by atoms with Crippen LogP contribution in [0.3, 0.4) is 0 Å². The molecule has 1 amide bonds. The van der Waals surface area contributed by atoms with Crippen molar-refractivity contribution in [3.8, 4) is 0 Å². The molecule has 0 saturated heterocycles. The van der Waals surface area contributed by atoms with Crippen LogP contribution in [0.5, 0.6) is 0 Å². The molecule has 9 heteroatoms. The van der Waals surface area contributed by atoms with Crippen molar-refractivity contribution < 1.29 is 24.6 Å². The van der Waals surface area contributed by atoms with E-state index in [9.17, 15) is 19.5 Å². The van der Waals surface area contributed by atoms with Crippen molar-refractivity contribution in [1.82, 2.24) is 5.32 Å². The van der Waals surface area contributed by atoms with E-state index < -0.39 is 24.0 Å². The quantitative estimate of drug-likeness (QED) is 0.0981. The van der Waals surface area contributed by atoms with Gasteiger partial charge in [0.05, 0.1) is 0 Å². The van der Waals surface area contributed by atoms with Gasteiger partial charge >= 0.3 is 11.9 Å². The van der Waals surface area contributed by atoms with Crippen molar-refractivity contribution in [2.24, 2.45) is 5.73 Å². The SMILES string of the molecule is CCCCCCCCCCCCCCCC(=O)NC(CCSSCCC(N)C(=O)O)C(=O)O. The van der Waals surface area contributed by atoms with Crippen molar-refractivity contribution in [1.29, 1.82) is 0 Å². The van der Waals surface area contributed by atoms with Gasteiger partial charge in [0.2, 0.25) is 5.91 Å². The van der Waals surface area contributed by atoms with E-state index in [1.807, 2.05) is 0 Å². The average molecular weight is 507 g/mol. The second-order valence-corrected chi connectivity index (χ2v) is 11.3. The molecule has 0 aliphatic carbocycles. The maximum absolute atomic E-state index is 12.1. The summed E-state index contributed by atoms with van der Waals surface area (Å²) in [5.74, 6) is -1.09. The highest BCUT2D eigenvalue weighted by atomic mass is 33.1. The number of carboxylic acid groups (broad SMARTS) is 2. The Balaban J connectivity index is 3.65. The second-order valence-electron chi connectivity index (χ2n) is 8.62. The molecule has 0 radical (unpaired) electrons. The van der Waals surface area contributed by atoms with Crippen molar-refractivity contribution in [3.63, 3.8) is 0 Å². The molecule has 0 aliphatic heterocycles. The predicted octanol–water partition coefficient (Wildman–Crippen LogP) is 5.61. The molecular weight excluding hydrogens is 460 g/mol. The topological polar surface area (TPSA) is 130 Å². The van der Waals surface area contributed by atoms with Crippen molar-refractivity contribution in [3.05, 3.63) is 0 Å². The highest BCUT2D eigenvalue weighted by Crippen LogP contribution is 2.23. The third-order valence-corrected chi connectivity index (χ3v) is 8.01. The minimum absolute atomic E-state index is 0.199. The van der Waals surface area contributed by atoms with Gasteiger partial charge in [-0.15, -0.1) is 0 Å². The molecule has 194 valence electrons. The zero-order valence-corrected chi connectivity index (χ0v) is 22.0. The molecule has 0 heterocycles. The number of unbranched alkanes of at least 4 members (excludes halogenated alkanes) is 12. The van der Waals surface area contributed by atoms with Crippen LogP contribution in [-0.2, 0) is 14.4 Å². The van der Waals surface area contributed by atoms with Crippen molar-refractivity contribution >= 4 is 39.4 Å². The summed E-state index contributed by atoms with van der Waals surface area (Å²) in [6.45, 7) is 2.24. The summed E-state index contributed by atoms with van der Waals surface area (Å²) in [6.07, 6.45) is 17.2. The molecule has 0 aromatic carbocycles. The van der Waals surface area contributed by atoms with Gasteiger partial charge in [-0.05, 0) is 19.3 Å². The summed E-state index contributed by atoms with van der Waals surface area (Å²) < 4.78 is 0. The first-order valence-corrected chi connectivity index (χ1v) is 15.1. The first kappa shape index (κ1) is 32.1. The Labute approximate surface area is 208 Å². The molecule has 0 aromatic rings. The van der Waals surface area contributed by atoms with E-state index in [-0.39, 0.29) is 5.91 Å². The van der Waals surface area contributed by atoms with Crippen molar-refractivity contribution in [2.45, 2.75) is 122 Å². The number of hydrogen-bond donors (Lipinski definition) is 4. The third-order valence-electron chi connectivity index (χ3n) is 5.54. The normalized spacial score (nSPS) is 12.9. The first-order chi connectivity index (χ1) is 15.9. The van der Waals surface area contributed by atoms with E-state index in [4.69, 9.17) is 10.8 Å². The lowest BCUT2D eigenvalue weighted by molar-refractivity contribution is -0.142. The fraction of sp³-hybridized carbons (Fsp3) is 0.875. The highest BCUT2D eigenvalue weighted by molar-refractivity contribution is 8.76. The van der Waals surface area contributed by atoms with Gasteiger partial charge in [-0.2, -0.15) is 0 Å². The maximum atomic E-state index is 12.1. The fourth-order valence-corrected chi connectivity index (χ4v) is 5.61. The van der Waals surface area contributed by atoms with Crippen LogP contribution in [0, 0.1) is 0 Å². The van der Waals surface area contributed by atoms with E-state index in [1.165, 1.54) is 85.8 Å². The molecule has 2 atom stereocenters. The Kier molecular flexibility index (Phi) is 22.2. The first-order valence-electron chi connectivity index (χ1n) is 12.6. The Morgan fingerprint density at radius 2 is 1.18 bits per heavy atom. The molecule has 0 bridgehead atoms. The maximum Gasteiger partial charge on any atom is 0.326 e. The van der Waals surface area contributed by atoms with Crippen LogP contribution in [0.2, 0.25) is 0 Å². The molecule has 0 spiro atoms. The average Bonchev–Trinajstić information content (AvgIpc) is 2.77. The lowest BCUT2D eigenvalue weighted by atomic mass is 10.0. The molecule has 0 aliphatic rings.